The van der Waals surface area contributed by atoms with Crippen molar-refractivity contribution in [2.45, 2.75) is 143 Å². The van der Waals surface area contributed by atoms with Crippen LogP contribution in [0, 0.1) is 17.8 Å². The Kier molecular flexibility index (Phi) is 12.5. The van der Waals surface area contributed by atoms with E-state index < -0.39 is 5.97 Å². The normalized spacial score (nSPS) is 20.3. The molecule has 0 saturated heterocycles. The zero-order valence-electron chi connectivity index (χ0n) is 20.8. The molecule has 0 aromatic heterocycles. The first-order valence-electron chi connectivity index (χ1n) is 12.7. The van der Waals surface area contributed by atoms with Crippen LogP contribution in [0.15, 0.2) is 0 Å². The van der Waals surface area contributed by atoms with Gasteiger partial charge in [-0.2, -0.15) is 0 Å². The Balaban J connectivity index is 0.000000382. The molecule has 2 aliphatic rings. The molecule has 4 nitrogen and oxygen atoms in total. The topological polar surface area (TPSA) is 55.8 Å². The maximum Gasteiger partial charge on any atom is 0.306 e. The van der Waals surface area contributed by atoms with E-state index in [9.17, 15) is 4.79 Å². The van der Waals surface area contributed by atoms with Gasteiger partial charge in [0.2, 0.25) is 0 Å². The maximum absolute atomic E-state index is 10.4. The number of rotatable bonds is 10. The molecular weight excluding hydrogens is 376 g/mol. The molecular formula is C26H50O4. The lowest BCUT2D eigenvalue weighted by Gasteiger charge is -2.41. The first-order valence-corrected chi connectivity index (χ1v) is 12.7. The zero-order chi connectivity index (χ0) is 22.6. The number of hydrogen-bond donors (Lipinski definition) is 1. The Morgan fingerprint density at radius 1 is 0.833 bits per heavy atom. The van der Waals surface area contributed by atoms with Gasteiger partial charge >= 0.3 is 5.97 Å². The molecule has 0 aliphatic heterocycles. The predicted octanol–water partition coefficient (Wildman–Crippen LogP) is 7.94. The molecule has 0 aromatic carbocycles. The van der Waals surface area contributed by atoms with Crippen LogP contribution >= 0.6 is 0 Å². The van der Waals surface area contributed by atoms with Crippen molar-refractivity contribution in [2.75, 3.05) is 0 Å². The van der Waals surface area contributed by atoms with E-state index in [1.165, 1.54) is 64.2 Å². The third kappa shape index (κ3) is 9.68. The fourth-order valence-electron chi connectivity index (χ4n) is 4.90. The highest BCUT2D eigenvalue weighted by atomic mass is 17.2. The molecule has 2 fully saturated rings. The Hall–Kier alpha value is -0.610. The highest BCUT2D eigenvalue weighted by Crippen LogP contribution is 2.39. The van der Waals surface area contributed by atoms with Crippen molar-refractivity contribution in [1.82, 2.24) is 0 Å². The summed E-state index contributed by atoms with van der Waals surface area (Å²) in [4.78, 5) is 22.4. The van der Waals surface area contributed by atoms with E-state index in [1.54, 1.807) is 0 Å². The van der Waals surface area contributed by atoms with Crippen LogP contribution in [0.5, 0.6) is 0 Å². The average Bonchev–Trinajstić information content (AvgIpc) is 2.74. The SMILES string of the molecule is CC(C)(OOC(C)(C)C1CCCCC1)C1CCCCC1.CCCCC(CC)C(=O)O. The summed E-state index contributed by atoms with van der Waals surface area (Å²) in [5, 5.41) is 8.60. The third-order valence-electron chi connectivity index (χ3n) is 7.40. The van der Waals surface area contributed by atoms with E-state index in [1.807, 2.05) is 6.92 Å². The molecule has 2 rings (SSSR count). The third-order valence-corrected chi connectivity index (χ3v) is 7.40. The van der Waals surface area contributed by atoms with Crippen molar-refractivity contribution in [3.63, 3.8) is 0 Å². The van der Waals surface area contributed by atoms with Gasteiger partial charge in [0, 0.05) is 0 Å². The Bertz CT molecular complexity index is 430. The Morgan fingerprint density at radius 3 is 1.53 bits per heavy atom. The van der Waals surface area contributed by atoms with Crippen molar-refractivity contribution in [1.29, 1.82) is 0 Å². The quantitative estimate of drug-likeness (QED) is 0.284. The van der Waals surface area contributed by atoms with Gasteiger partial charge in [-0.3, -0.25) is 4.79 Å². The summed E-state index contributed by atoms with van der Waals surface area (Å²) in [5.41, 5.74) is -0.293. The van der Waals surface area contributed by atoms with E-state index in [4.69, 9.17) is 14.9 Å². The van der Waals surface area contributed by atoms with Gasteiger partial charge < -0.3 is 5.11 Å². The standard InChI is InChI=1S/C18H34O2.C8H16O2/c1-17(2,15-11-7-5-8-12-15)19-20-18(3,4)16-13-9-6-10-14-16;1-3-5-6-7(4-2)8(9)10/h15-16H,5-14H2,1-4H3;7H,3-6H2,1-2H3,(H,9,10). The van der Waals surface area contributed by atoms with E-state index in [0.29, 0.717) is 11.8 Å². The van der Waals surface area contributed by atoms with E-state index in [0.717, 1.165) is 25.7 Å². The smallest absolute Gasteiger partial charge is 0.306 e. The fraction of sp³-hybridized carbons (Fsp3) is 0.962. The highest BCUT2D eigenvalue weighted by molar-refractivity contribution is 5.69. The summed E-state index contributed by atoms with van der Waals surface area (Å²) >= 11 is 0. The van der Waals surface area contributed by atoms with E-state index >= 15 is 0 Å². The molecule has 1 unspecified atom stereocenters. The first kappa shape index (κ1) is 27.4. The number of carboxylic acids is 1. The summed E-state index contributed by atoms with van der Waals surface area (Å²) < 4.78 is 0. The Morgan fingerprint density at radius 2 is 1.23 bits per heavy atom. The number of hydrogen-bond acceptors (Lipinski definition) is 3. The van der Waals surface area contributed by atoms with Crippen LogP contribution in [-0.4, -0.2) is 22.3 Å². The largest absolute Gasteiger partial charge is 0.481 e. The average molecular weight is 427 g/mol. The number of aliphatic carboxylic acids is 1. The molecule has 0 heterocycles. The molecule has 0 spiro atoms. The van der Waals surface area contributed by atoms with Crippen LogP contribution in [0.1, 0.15) is 131 Å². The minimum atomic E-state index is -0.643. The molecule has 2 saturated carbocycles. The van der Waals surface area contributed by atoms with E-state index in [-0.39, 0.29) is 17.1 Å². The second kappa shape index (κ2) is 13.7. The number of carbonyl (C=O) groups is 1. The molecule has 0 bridgehead atoms. The van der Waals surface area contributed by atoms with Crippen molar-refractivity contribution >= 4 is 5.97 Å². The predicted molar refractivity (Wildman–Crippen MR) is 124 cm³/mol. The second-order valence-electron chi connectivity index (χ2n) is 10.6. The van der Waals surface area contributed by atoms with Crippen LogP contribution in [0.25, 0.3) is 0 Å². The molecule has 2 aliphatic carbocycles. The fourth-order valence-corrected chi connectivity index (χ4v) is 4.90. The van der Waals surface area contributed by atoms with Gasteiger partial charge in [-0.05, 0) is 78.1 Å². The van der Waals surface area contributed by atoms with Gasteiger partial charge in [0.1, 0.15) is 11.2 Å². The Labute approximate surface area is 186 Å². The minimum Gasteiger partial charge on any atom is -0.481 e. The van der Waals surface area contributed by atoms with Gasteiger partial charge in [0.05, 0.1) is 5.92 Å². The van der Waals surface area contributed by atoms with Gasteiger partial charge in [-0.25, -0.2) is 9.78 Å². The monoisotopic (exact) mass is 426 g/mol. The number of carboxylic acid groups (broad SMARTS) is 1. The molecule has 30 heavy (non-hydrogen) atoms. The number of unbranched alkanes of at least 4 members (excludes halogenated alkanes) is 1. The van der Waals surface area contributed by atoms with Gasteiger partial charge in [-0.1, -0.05) is 65.2 Å². The molecule has 0 aromatic rings. The second-order valence-corrected chi connectivity index (χ2v) is 10.6. The minimum absolute atomic E-state index is 0.111. The van der Waals surface area contributed by atoms with Gasteiger partial charge in [-0.15, -0.1) is 0 Å². The molecule has 1 N–H and O–H groups in total. The van der Waals surface area contributed by atoms with Crippen LogP contribution in [0.3, 0.4) is 0 Å². The van der Waals surface area contributed by atoms with Crippen LogP contribution < -0.4 is 0 Å². The van der Waals surface area contributed by atoms with E-state index in [2.05, 4.69) is 34.6 Å². The summed E-state index contributed by atoms with van der Waals surface area (Å²) in [5.74, 6) is 0.549. The molecule has 4 heteroatoms. The summed E-state index contributed by atoms with van der Waals surface area (Å²) in [6.07, 6.45) is 17.1. The van der Waals surface area contributed by atoms with Crippen LogP contribution in [0.4, 0.5) is 0 Å². The lowest BCUT2D eigenvalue weighted by Crippen LogP contribution is -2.42. The van der Waals surface area contributed by atoms with Crippen molar-refractivity contribution in [2.24, 2.45) is 17.8 Å². The lowest BCUT2D eigenvalue weighted by atomic mass is 9.78. The lowest BCUT2D eigenvalue weighted by molar-refractivity contribution is -0.419. The maximum atomic E-state index is 10.4. The zero-order valence-corrected chi connectivity index (χ0v) is 20.8. The molecule has 0 amide bonds. The first-order chi connectivity index (χ1) is 14.1. The summed E-state index contributed by atoms with van der Waals surface area (Å²) in [7, 11) is 0. The van der Waals surface area contributed by atoms with Crippen molar-refractivity contribution in [3.05, 3.63) is 0 Å². The summed E-state index contributed by atoms with van der Waals surface area (Å²) in [6, 6.07) is 0. The molecule has 1 atom stereocenters. The molecule has 0 radical (unpaired) electrons. The van der Waals surface area contributed by atoms with Gasteiger partial charge in [0.25, 0.3) is 0 Å². The van der Waals surface area contributed by atoms with Crippen LogP contribution in [0.2, 0.25) is 0 Å². The van der Waals surface area contributed by atoms with Crippen molar-refractivity contribution in [3.8, 4) is 0 Å². The van der Waals surface area contributed by atoms with Crippen LogP contribution in [-0.2, 0) is 14.6 Å². The van der Waals surface area contributed by atoms with Gasteiger partial charge in [0.15, 0.2) is 0 Å². The highest BCUT2D eigenvalue weighted by Gasteiger charge is 2.38. The molecule has 178 valence electrons. The van der Waals surface area contributed by atoms with Crippen molar-refractivity contribution < 1.29 is 19.7 Å². The summed E-state index contributed by atoms with van der Waals surface area (Å²) in [6.45, 7) is 12.8.